The van der Waals surface area contributed by atoms with Crippen molar-refractivity contribution in [2.24, 2.45) is 0 Å². The van der Waals surface area contributed by atoms with Gasteiger partial charge in [-0.15, -0.1) is 0 Å². The smallest absolute Gasteiger partial charge is 0.265 e. The Hall–Kier alpha value is -3.32. The average Bonchev–Trinajstić information content (AvgIpc) is 3.09. The Bertz CT molecular complexity index is 1210. The molecule has 4 rings (SSSR count). The average molecular weight is 437 g/mol. The van der Waals surface area contributed by atoms with E-state index in [1.165, 1.54) is 12.1 Å². The maximum atomic E-state index is 12.7. The van der Waals surface area contributed by atoms with Crippen LogP contribution in [0.25, 0.3) is 0 Å². The number of ether oxygens (including phenoxy) is 1. The lowest BCUT2D eigenvalue weighted by Crippen LogP contribution is -2.39. The fourth-order valence-corrected chi connectivity index (χ4v) is 4.90. The molecule has 1 amide bonds. The summed E-state index contributed by atoms with van der Waals surface area (Å²) in [7, 11) is -3.72. The van der Waals surface area contributed by atoms with Crippen LogP contribution in [0, 0.1) is 6.92 Å². The zero-order chi connectivity index (χ0) is 22.0. The van der Waals surface area contributed by atoms with E-state index < -0.39 is 10.0 Å². The predicted octanol–water partition coefficient (Wildman–Crippen LogP) is 4.15. The van der Waals surface area contributed by atoms with Crippen LogP contribution in [0.4, 0.5) is 11.4 Å². The Balaban J connectivity index is 1.41. The summed E-state index contributed by atoms with van der Waals surface area (Å²) in [6.07, 6.45) is 0.822. The van der Waals surface area contributed by atoms with E-state index in [1.54, 1.807) is 29.2 Å². The van der Waals surface area contributed by atoms with Gasteiger partial charge in [0.25, 0.3) is 15.9 Å². The molecule has 3 aromatic rings. The van der Waals surface area contributed by atoms with E-state index in [1.807, 2.05) is 50.2 Å². The first-order valence-corrected chi connectivity index (χ1v) is 11.5. The molecular weight excluding hydrogens is 412 g/mol. The molecule has 1 heterocycles. The van der Waals surface area contributed by atoms with Gasteiger partial charge in [0.15, 0.2) is 6.61 Å². The van der Waals surface area contributed by atoms with Crippen molar-refractivity contribution in [3.63, 3.8) is 0 Å². The molecule has 6 nitrogen and oxygen atoms in total. The lowest BCUT2D eigenvalue weighted by molar-refractivity contribution is -0.120. The quantitative estimate of drug-likeness (QED) is 0.630. The Labute approximate surface area is 182 Å². The predicted molar refractivity (Wildman–Crippen MR) is 121 cm³/mol. The minimum absolute atomic E-state index is 0.0773. The highest BCUT2D eigenvalue weighted by atomic mass is 32.2. The molecule has 0 saturated carbocycles. The maximum absolute atomic E-state index is 12.7. The number of amides is 1. The van der Waals surface area contributed by atoms with Crippen LogP contribution in [0.15, 0.2) is 77.7 Å². The molecule has 1 atom stereocenters. The van der Waals surface area contributed by atoms with Crippen LogP contribution in [0.5, 0.6) is 5.75 Å². The fraction of sp³-hybridized carbons (Fsp3) is 0.208. The molecule has 31 heavy (non-hydrogen) atoms. The number of nitrogens with zero attached hydrogens (tertiary/aromatic N) is 1. The van der Waals surface area contributed by atoms with Gasteiger partial charge >= 0.3 is 0 Å². The molecule has 0 unspecified atom stereocenters. The number of sulfonamides is 1. The van der Waals surface area contributed by atoms with Crippen LogP contribution in [0.1, 0.15) is 18.1 Å². The number of rotatable bonds is 6. The molecule has 1 N–H and O–H groups in total. The van der Waals surface area contributed by atoms with Gasteiger partial charge in [-0.25, -0.2) is 8.42 Å². The van der Waals surface area contributed by atoms with Crippen LogP contribution in [0.3, 0.4) is 0 Å². The van der Waals surface area contributed by atoms with Crippen molar-refractivity contribution in [2.45, 2.75) is 31.2 Å². The highest BCUT2D eigenvalue weighted by Crippen LogP contribution is 2.32. The number of aryl methyl sites for hydroxylation is 1. The lowest BCUT2D eigenvalue weighted by atomic mass is 10.1. The summed E-state index contributed by atoms with van der Waals surface area (Å²) < 4.78 is 33.5. The van der Waals surface area contributed by atoms with Crippen molar-refractivity contribution in [1.29, 1.82) is 0 Å². The Morgan fingerprint density at radius 2 is 1.71 bits per heavy atom. The van der Waals surface area contributed by atoms with Crippen molar-refractivity contribution in [3.8, 4) is 5.75 Å². The van der Waals surface area contributed by atoms with Crippen molar-refractivity contribution >= 4 is 27.3 Å². The number of para-hydroxylation sites is 2. The van der Waals surface area contributed by atoms with Gasteiger partial charge in [-0.2, -0.15) is 0 Å². The van der Waals surface area contributed by atoms with Gasteiger partial charge in [-0.1, -0.05) is 36.4 Å². The highest BCUT2D eigenvalue weighted by Gasteiger charge is 2.30. The molecule has 7 heteroatoms. The molecule has 0 fully saturated rings. The Kier molecular flexibility index (Phi) is 5.69. The number of benzene rings is 3. The molecule has 0 radical (unpaired) electrons. The number of fused-ring (bicyclic) bond motifs is 1. The van der Waals surface area contributed by atoms with Crippen LogP contribution in [-0.2, 0) is 21.2 Å². The molecule has 0 saturated heterocycles. The van der Waals surface area contributed by atoms with Gasteiger partial charge in [-0.05, 0) is 67.8 Å². The maximum Gasteiger partial charge on any atom is 0.265 e. The van der Waals surface area contributed by atoms with Gasteiger partial charge in [-0.3, -0.25) is 9.52 Å². The molecule has 0 bridgehead atoms. The Morgan fingerprint density at radius 3 is 2.45 bits per heavy atom. The summed E-state index contributed by atoms with van der Waals surface area (Å²) >= 11 is 0. The van der Waals surface area contributed by atoms with E-state index in [-0.39, 0.29) is 23.5 Å². The van der Waals surface area contributed by atoms with Gasteiger partial charge < -0.3 is 9.64 Å². The first-order chi connectivity index (χ1) is 14.8. The van der Waals surface area contributed by atoms with E-state index in [0.717, 1.165) is 23.2 Å². The summed E-state index contributed by atoms with van der Waals surface area (Å²) in [6, 6.07) is 21.2. The summed E-state index contributed by atoms with van der Waals surface area (Å²) in [4.78, 5) is 14.6. The molecule has 0 aromatic heterocycles. The van der Waals surface area contributed by atoms with E-state index in [0.29, 0.717) is 11.4 Å². The van der Waals surface area contributed by atoms with E-state index in [2.05, 4.69) is 4.72 Å². The second-order valence-electron chi connectivity index (χ2n) is 7.63. The van der Waals surface area contributed by atoms with E-state index in [9.17, 15) is 13.2 Å². The third-order valence-electron chi connectivity index (χ3n) is 5.36. The van der Waals surface area contributed by atoms with E-state index >= 15 is 0 Å². The minimum atomic E-state index is -3.72. The normalized spacial score (nSPS) is 15.4. The number of hydrogen-bond donors (Lipinski definition) is 1. The van der Waals surface area contributed by atoms with Crippen LogP contribution in [-0.4, -0.2) is 27.0 Å². The zero-order valence-electron chi connectivity index (χ0n) is 17.4. The van der Waals surface area contributed by atoms with Gasteiger partial charge in [0.1, 0.15) is 5.75 Å². The molecule has 3 aromatic carbocycles. The largest absolute Gasteiger partial charge is 0.484 e. The summed E-state index contributed by atoms with van der Waals surface area (Å²) in [5.41, 5.74) is 3.45. The minimum Gasteiger partial charge on any atom is -0.484 e. The third-order valence-corrected chi connectivity index (χ3v) is 6.74. The van der Waals surface area contributed by atoms with Gasteiger partial charge in [0.2, 0.25) is 0 Å². The first kappa shape index (κ1) is 20.9. The van der Waals surface area contributed by atoms with Crippen LogP contribution < -0.4 is 14.4 Å². The van der Waals surface area contributed by atoms with Crippen molar-refractivity contribution in [1.82, 2.24) is 0 Å². The van der Waals surface area contributed by atoms with Crippen molar-refractivity contribution in [2.75, 3.05) is 16.2 Å². The highest BCUT2D eigenvalue weighted by molar-refractivity contribution is 7.92. The van der Waals surface area contributed by atoms with Crippen LogP contribution in [0.2, 0.25) is 0 Å². The fourth-order valence-electron chi connectivity index (χ4n) is 3.77. The third kappa shape index (κ3) is 4.41. The standard InChI is InChI=1S/C24H24N2O4S/c1-17-7-3-5-9-22(17)25-31(28,29)21-13-11-20(12-14-21)30-16-24(27)26-18(2)15-19-8-4-6-10-23(19)26/h3-14,18,25H,15-16H2,1-2H3/t18-/m0/s1. The lowest BCUT2D eigenvalue weighted by Gasteiger charge is -2.22. The molecule has 160 valence electrons. The number of anilines is 2. The van der Waals surface area contributed by atoms with E-state index in [4.69, 9.17) is 4.74 Å². The topological polar surface area (TPSA) is 75.7 Å². The molecular formula is C24H24N2O4S. The summed E-state index contributed by atoms with van der Waals surface area (Å²) in [5, 5.41) is 0. The molecule has 1 aliphatic rings. The van der Waals surface area contributed by atoms with Crippen LogP contribution >= 0.6 is 0 Å². The molecule has 1 aliphatic heterocycles. The number of carbonyl (C=O) groups excluding carboxylic acids is 1. The monoisotopic (exact) mass is 436 g/mol. The number of hydrogen-bond acceptors (Lipinski definition) is 4. The van der Waals surface area contributed by atoms with Gasteiger partial charge in [0.05, 0.1) is 10.6 Å². The number of nitrogens with one attached hydrogen (secondary N) is 1. The van der Waals surface area contributed by atoms with Gasteiger partial charge in [0, 0.05) is 11.7 Å². The second-order valence-corrected chi connectivity index (χ2v) is 9.31. The summed E-state index contributed by atoms with van der Waals surface area (Å²) in [6.45, 7) is 3.73. The van der Waals surface area contributed by atoms with Crippen molar-refractivity contribution in [3.05, 3.63) is 83.9 Å². The number of carbonyl (C=O) groups is 1. The SMILES string of the molecule is Cc1ccccc1NS(=O)(=O)c1ccc(OCC(=O)N2c3ccccc3C[C@@H]2C)cc1. The second kappa shape index (κ2) is 8.43. The summed E-state index contributed by atoms with van der Waals surface area (Å²) in [5.74, 6) is 0.304. The van der Waals surface area contributed by atoms with Crippen molar-refractivity contribution < 1.29 is 17.9 Å². The molecule has 0 spiro atoms. The first-order valence-electron chi connectivity index (χ1n) is 10.1. The molecule has 0 aliphatic carbocycles. The zero-order valence-corrected chi connectivity index (χ0v) is 18.2. The Morgan fingerprint density at radius 1 is 1.03 bits per heavy atom.